The van der Waals surface area contributed by atoms with Gasteiger partial charge in [-0.15, -0.1) is 0 Å². The summed E-state index contributed by atoms with van der Waals surface area (Å²) in [6.45, 7) is 15.4. The molecule has 1 heteroatoms. The highest BCUT2D eigenvalue weighted by atomic mass is 15.1. The number of rotatable bonds is 5. The molecule has 0 radical (unpaired) electrons. The molecule has 1 nitrogen and oxygen atoms in total. The fourth-order valence-electron chi connectivity index (χ4n) is 2.61. The summed E-state index contributed by atoms with van der Waals surface area (Å²) in [6.07, 6.45) is 4.32. The standard InChI is InChI=1S/C13H27N/c1-6-14(7-2)11-13(8-9-13)10-12(3,4)5/h6-11H2,1-5H3. The number of nitrogens with zero attached hydrogens (tertiary/aromatic N) is 1. The Morgan fingerprint density at radius 2 is 1.57 bits per heavy atom. The van der Waals surface area contributed by atoms with E-state index in [4.69, 9.17) is 0 Å². The number of hydrogen-bond acceptors (Lipinski definition) is 1. The Balaban J connectivity index is 2.42. The van der Waals surface area contributed by atoms with Crippen LogP contribution >= 0.6 is 0 Å². The Morgan fingerprint density at radius 3 is 1.86 bits per heavy atom. The van der Waals surface area contributed by atoms with Gasteiger partial charge in [0.15, 0.2) is 0 Å². The van der Waals surface area contributed by atoms with E-state index in [2.05, 4.69) is 39.5 Å². The molecule has 1 rings (SSSR count). The van der Waals surface area contributed by atoms with Gasteiger partial charge in [-0.3, -0.25) is 0 Å². The lowest BCUT2D eigenvalue weighted by Crippen LogP contribution is -2.32. The van der Waals surface area contributed by atoms with E-state index in [9.17, 15) is 0 Å². The molecule has 0 unspecified atom stereocenters. The monoisotopic (exact) mass is 197 g/mol. The van der Waals surface area contributed by atoms with E-state index in [-0.39, 0.29) is 0 Å². The van der Waals surface area contributed by atoms with Gasteiger partial charge in [0, 0.05) is 6.54 Å². The predicted octanol–water partition coefficient (Wildman–Crippen LogP) is 3.54. The lowest BCUT2D eigenvalue weighted by Gasteiger charge is -2.30. The van der Waals surface area contributed by atoms with Gasteiger partial charge in [-0.1, -0.05) is 34.6 Å². The summed E-state index contributed by atoms with van der Waals surface area (Å²) in [6, 6.07) is 0. The zero-order valence-electron chi connectivity index (χ0n) is 10.7. The van der Waals surface area contributed by atoms with E-state index in [0.717, 1.165) is 0 Å². The van der Waals surface area contributed by atoms with Crippen molar-refractivity contribution < 1.29 is 0 Å². The molecule has 84 valence electrons. The summed E-state index contributed by atoms with van der Waals surface area (Å²) >= 11 is 0. The molecular formula is C13H27N. The summed E-state index contributed by atoms with van der Waals surface area (Å²) in [4.78, 5) is 2.58. The van der Waals surface area contributed by atoms with E-state index in [1.165, 1.54) is 38.9 Å². The molecular weight excluding hydrogens is 170 g/mol. The molecule has 0 aromatic heterocycles. The van der Waals surface area contributed by atoms with Gasteiger partial charge >= 0.3 is 0 Å². The van der Waals surface area contributed by atoms with Gasteiger partial charge in [0.05, 0.1) is 0 Å². The van der Waals surface area contributed by atoms with Crippen molar-refractivity contribution in [3.05, 3.63) is 0 Å². The van der Waals surface area contributed by atoms with Crippen LogP contribution in [-0.4, -0.2) is 24.5 Å². The summed E-state index contributed by atoms with van der Waals surface area (Å²) < 4.78 is 0. The van der Waals surface area contributed by atoms with Crippen LogP contribution in [0.15, 0.2) is 0 Å². The first-order valence-electron chi connectivity index (χ1n) is 6.13. The van der Waals surface area contributed by atoms with E-state index >= 15 is 0 Å². The molecule has 0 heterocycles. The van der Waals surface area contributed by atoms with E-state index < -0.39 is 0 Å². The third-order valence-corrected chi connectivity index (χ3v) is 3.32. The highest BCUT2D eigenvalue weighted by molar-refractivity contribution is 4.97. The Hall–Kier alpha value is -0.0400. The topological polar surface area (TPSA) is 3.24 Å². The molecule has 0 aromatic carbocycles. The van der Waals surface area contributed by atoms with Crippen molar-refractivity contribution in [1.82, 2.24) is 4.90 Å². The Kier molecular flexibility index (Phi) is 3.63. The van der Waals surface area contributed by atoms with Gasteiger partial charge in [0.1, 0.15) is 0 Å². The smallest absolute Gasteiger partial charge is 0.00379 e. The maximum Gasteiger partial charge on any atom is 0.00379 e. The van der Waals surface area contributed by atoms with Crippen molar-refractivity contribution in [3.63, 3.8) is 0 Å². The largest absolute Gasteiger partial charge is 0.303 e. The maximum atomic E-state index is 2.58. The lowest BCUT2D eigenvalue weighted by molar-refractivity contribution is 0.187. The van der Waals surface area contributed by atoms with Crippen LogP contribution in [0.25, 0.3) is 0 Å². The van der Waals surface area contributed by atoms with Gasteiger partial charge in [-0.2, -0.15) is 0 Å². The fourth-order valence-corrected chi connectivity index (χ4v) is 2.61. The third-order valence-electron chi connectivity index (χ3n) is 3.32. The molecule has 1 aliphatic rings. The van der Waals surface area contributed by atoms with Gasteiger partial charge in [-0.05, 0) is 43.2 Å². The average molecular weight is 197 g/mol. The van der Waals surface area contributed by atoms with Crippen molar-refractivity contribution in [2.24, 2.45) is 10.8 Å². The van der Waals surface area contributed by atoms with Crippen molar-refractivity contribution in [3.8, 4) is 0 Å². The van der Waals surface area contributed by atoms with E-state index in [1.807, 2.05) is 0 Å². The summed E-state index contributed by atoms with van der Waals surface area (Å²) in [5.74, 6) is 0. The van der Waals surface area contributed by atoms with Gasteiger partial charge < -0.3 is 4.90 Å². The number of hydrogen-bond donors (Lipinski definition) is 0. The van der Waals surface area contributed by atoms with E-state index in [0.29, 0.717) is 10.8 Å². The van der Waals surface area contributed by atoms with Crippen molar-refractivity contribution in [2.75, 3.05) is 19.6 Å². The highest BCUT2D eigenvalue weighted by Gasteiger charge is 2.45. The molecule has 0 aromatic rings. The minimum atomic E-state index is 0.504. The average Bonchev–Trinajstić information content (AvgIpc) is 2.78. The SMILES string of the molecule is CCN(CC)CC1(CC(C)(C)C)CC1. The molecule has 1 fully saturated rings. The second kappa shape index (κ2) is 4.22. The van der Waals surface area contributed by atoms with Crippen LogP contribution < -0.4 is 0 Å². The molecule has 1 saturated carbocycles. The first-order chi connectivity index (χ1) is 6.41. The maximum absolute atomic E-state index is 2.58. The molecule has 14 heavy (non-hydrogen) atoms. The minimum absolute atomic E-state index is 0.504. The summed E-state index contributed by atoms with van der Waals surface area (Å²) in [7, 11) is 0. The molecule has 0 amide bonds. The second-order valence-electron chi connectivity index (χ2n) is 6.20. The van der Waals surface area contributed by atoms with Crippen molar-refractivity contribution in [1.29, 1.82) is 0 Å². The van der Waals surface area contributed by atoms with Crippen LogP contribution in [0.5, 0.6) is 0 Å². The molecule has 0 atom stereocenters. The van der Waals surface area contributed by atoms with Crippen molar-refractivity contribution in [2.45, 2.75) is 53.9 Å². The first kappa shape index (κ1) is 12.0. The van der Waals surface area contributed by atoms with Crippen LogP contribution in [0.1, 0.15) is 53.9 Å². The highest BCUT2D eigenvalue weighted by Crippen LogP contribution is 2.53. The lowest BCUT2D eigenvalue weighted by atomic mass is 9.82. The van der Waals surface area contributed by atoms with Gasteiger partial charge in [0.2, 0.25) is 0 Å². The van der Waals surface area contributed by atoms with Crippen LogP contribution in [-0.2, 0) is 0 Å². The summed E-state index contributed by atoms with van der Waals surface area (Å²) in [5, 5.41) is 0. The van der Waals surface area contributed by atoms with Crippen molar-refractivity contribution >= 4 is 0 Å². The van der Waals surface area contributed by atoms with Crippen LogP contribution in [0.4, 0.5) is 0 Å². The molecule has 0 saturated heterocycles. The van der Waals surface area contributed by atoms with Gasteiger partial charge in [-0.25, -0.2) is 0 Å². The fraction of sp³-hybridized carbons (Fsp3) is 1.00. The minimum Gasteiger partial charge on any atom is -0.303 e. The Morgan fingerprint density at radius 1 is 1.07 bits per heavy atom. The van der Waals surface area contributed by atoms with Crippen LogP contribution in [0.3, 0.4) is 0 Å². The zero-order valence-corrected chi connectivity index (χ0v) is 10.7. The Labute approximate surface area is 89.9 Å². The Bertz CT molecular complexity index is 170. The molecule has 0 spiro atoms. The quantitative estimate of drug-likeness (QED) is 0.651. The van der Waals surface area contributed by atoms with Crippen LogP contribution in [0, 0.1) is 10.8 Å². The molecule has 0 N–H and O–H groups in total. The normalized spacial score (nSPS) is 20.1. The van der Waals surface area contributed by atoms with Gasteiger partial charge in [0.25, 0.3) is 0 Å². The molecule has 0 aliphatic heterocycles. The molecule has 0 bridgehead atoms. The second-order valence-corrected chi connectivity index (χ2v) is 6.20. The first-order valence-corrected chi connectivity index (χ1v) is 6.13. The van der Waals surface area contributed by atoms with E-state index in [1.54, 1.807) is 0 Å². The van der Waals surface area contributed by atoms with Crippen LogP contribution in [0.2, 0.25) is 0 Å². The summed E-state index contributed by atoms with van der Waals surface area (Å²) in [5.41, 5.74) is 1.19. The zero-order chi connectivity index (χ0) is 10.8. The third kappa shape index (κ3) is 3.61. The molecule has 1 aliphatic carbocycles. The predicted molar refractivity (Wildman–Crippen MR) is 63.5 cm³/mol.